The van der Waals surface area contributed by atoms with E-state index >= 15 is 0 Å². The first-order chi connectivity index (χ1) is 14.1. The SMILES string of the molecule is COc1ccc2[nH]c(C(=O)NCCN3CCCCC3C)c(N3CCCC3=O)c2c1. The summed E-state index contributed by atoms with van der Waals surface area (Å²) in [7, 11) is 1.61. The predicted octanol–water partition coefficient (Wildman–Crippen LogP) is 2.91. The van der Waals surface area contributed by atoms with Crippen LogP contribution in [0.1, 0.15) is 49.5 Å². The van der Waals surface area contributed by atoms with E-state index in [4.69, 9.17) is 4.74 Å². The number of rotatable bonds is 6. The van der Waals surface area contributed by atoms with Crippen LogP contribution >= 0.6 is 0 Å². The molecule has 1 atom stereocenters. The van der Waals surface area contributed by atoms with Gasteiger partial charge in [0.05, 0.1) is 12.8 Å². The Morgan fingerprint density at radius 2 is 2.14 bits per heavy atom. The maximum absolute atomic E-state index is 13.0. The Hall–Kier alpha value is -2.54. The highest BCUT2D eigenvalue weighted by molar-refractivity contribution is 6.14. The summed E-state index contributed by atoms with van der Waals surface area (Å²) in [5, 5.41) is 3.90. The summed E-state index contributed by atoms with van der Waals surface area (Å²) in [5.74, 6) is 0.597. The molecule has 2 amide bonds. The third kappa shape index (κ3) is 3.96. The number of carbonyl (C=O) groups is 2. The number of aromatic nitrogens is 1. The molecule has 29 heavy (non-hydrogen) atoms. The van der Waals surface area contributed by atoms with Gasteiger partial charge in [0.25, 0.3) is 5.91 Å². The van der Waals surface area contributed by atoms with Crippen molar-refractivity contribution < 1.29 is 14.3 Å². The first kappa shape index (κ1) is 19.8. The Morgan fingerprint density at radius 3 is 2.86 bits per heavy atom. The molecule has 1 unspecified atom stereocenters. The molecule has 2 N–H and O–H groups in total. The lowest BCUT2D eigenvalue weighted by Crippen LogP contribution is -2.42. The van der Waals surface area contributed by atoms with Gasteiger partial charge in [0.1, 0.15) is 11.4 Å². The predicted molar refractivity (Wildman–Crippen MR) is 114 cm³/mol. The first-order valence-corrected chi connectivity index (χ1v) is 10.6. The quantitative estimate of drug-likeness (QED) is 0.784. The lowest BCUT2D eigenvalue weighted by molar-refractivity contribution is -0.117. The fourth-order valence-corrected chi connectivity index (χ4v) is 4.50. The van der Waals surface area contributed by atoms with Gasteiger partial charge in [0, 0.05) is 43.0 Å². The summed E-state index contributed by atoms with van der Waals surface area (Å²) in [6.45, 7) is 5.42. The molecule has 0 aliphatic carbocycles. The summed E-state index contributed by atoms with van der Waals surface area (Å²) in [4.78, 5) is 32.9. The Balaban J connectivity index is 1.56. The van der Waals surface area contributed by atoms with E-state index in [1.807, 2.05) is 18.2 Å². The van der Waals surface area contributed by atoms with E-state index in [1.165, 1.54) is 19.3 Å². The standard InChI is InChI=1S/C22H30N4O3/c1-15-6-3-4-11-25(15)13-10-23-22(28)20-21(26-12-5-7-19(26)27)17-14-16(29-2)8-9-18(17)24-20/h8-9,14-15,24H,3-7,10-13H2,1-2H3,(H,23,28). The topological polar surface area (TPSA) is 77.7 Å². The molecule has 4 rings (SSSR count). The lowest BCUT2D eigenvalue weighted by Gasteiger charge is -2.33. The van der Waals surface area contributed by atoms with Crippen LogP contribution in [0, 0.1) is 0 Å². The minimum absolute atomic E-state index is 0.0601. The number of hydrogen-bond donors (Lipinski definition) is 2. The zero-order valence-corrected chi connectivity index (χ0v) is 17.3. The number of benzene rings is 1. The molecule has 156 valence electrons. The molecule has 2 aliphatic heterocycles. The molecule has 0 bridgehead atoms. The fourth-order valence-electron chi connectivity index (χ4n) is 4.50. The number of hydrogen-bond acceptors (Lipinski definition) is 4. The fraction of sp³-hybridized carbons (Fsp3) is 0.545. The Bertz CT molecular complexity index is 907. The second kappa shape index (κ2) is 8.45. The highest BCUT2D eigenvalue weighted by atomic mass is 16.5. The van der Waals surface area contributed by atoms with Gasteiger partial charge < -0.3 is 19.9 Å². The van der Waals surface area contributed by atoms with E-state index in [1.54, 1.807) is 12.0 Å². The van der Waals surface area contributed by atoms with Crippen LogP contribution in [0.3, 0.4) is 0 Å². The van der Waals surface area contributed by atoms with E-state index < -0.39 is 0 Å². The Kier molecular flexibility index (Phi) is 5.76. The van der Waals surface area contributed by atoms with Crippen LogP contribution in [0.4, 0.5) is 5.69 Å². The normalized spacial score (nSPS) is 20.4. The van der Waals surface area contributed by atoms with Crippen LogP contribution in [-0.2, 0) is 4.79 Å². The van der Waals surface area contributed by atoms with E-state index in [0.29, 0.717) is 42.7 Å². The smallest absolute Gasteiger partial charge is 0.269 e. The molecule has 1 aromatic heterocycles. The van der Waals surface area contributed by atoms with Crippen LogP contribution in [0.2, 0.25) is 0 Å². The molecule has 7 heteroatoms. The van der Waals surface area contributed by atoms with Crippen LogP contribution in [0.15, 0.2) is 18.2 Å². The van der Waals surface area contributed by atoms with Gasteiger partial charge in [-0.25, -0.2) is 0 Å². The van der Waals surface area contributed by atoms with Crippen molar-refractivity contribution in [3.8, 4) is 5.75 Å². The average Bonchev–Trinajstić information content (AvgIpc) is 3.31. The number of nitrogens with zero attached hydrogens (tertiary/aromatic N) is 2. The number of likely N-dealkylation sites (tertiary alicyclic amines) is 1. The number of ether oxygens (including phenoxy) is 1. The molecule has 0 spiro atoms. The van der Waals surface area contributed by atoms with Crippen molar-refractivity contribution in [1.82, 2.24) is 15.2 Å². The molecule has 0 radical (unpaired) electrons. The van der Waals surface area contributed by atoms with Gasteiger partial charge in [-0.2, -0.15) is 0 Å². The van der Waals surface area contributed by atoms with Gasteiger partial charge in [-0.05, 0) is 50.9 Å². The number of nitrogens with one attached hydrogen (secondary N) is 2. The molecule has 3 heterocycles. The third-order valence-corrected chi connectivity index (χ3v) is 6.17. The van der Waals surface area contributed by atoms with E-state index in [-0.39, 0.29) is 11.8 Å². The maximum atomic E-state index is 13.0. The van der Waals surface area contributed by atoms with Crippen molar-refractivity contribution in [2.45, 2.75) is 45.1 Å². The monoisotopic (exact) mass is 398 g/mol. The molecule has 2 aromatic rings. The van der Waals surface area contributed by atoms with Crippen molar-refractivity contribution in [2.75, 3.05) is 38.2 Å². The second-order valence-electron chi connectivity index (χ2n) is 8.05. The van der Waals surface area contributed by atoms with Crippen molar-refractivity contribution in [3.63, 3.8) is 0 Å². The molecule has 1 aromatic carbocycles. The van der Waals surface area contributed by atoms with Crippen molar-refractivity contribution >= 4 is 28.4 Å². The Labute approximate surface area is 171 Å². The minimum Gasteiger partial charge on any atom is -0.497 e. The van der Waals surface area contributed by atoms with Crippen LogP contribution < -0.4 is 15.0 Å². The number of aromatic amines is 1. The van der Waals surface area contributed by atoms with Crippen molar-refractivity contribution in [2.24, 2.45) is 0 Å². The van der Waals surface area contributed by atoms with Crippen LogP contribution in [-0.4, -0.2) is 61.0 Å². The number of H-pyrrole nitrogens is 1. The van der Waals surface area contributed by atoms with Crippen LogP contribution in [0.5, 0.6) is 5.75 Å². The van der Waals surface area contributed by atoms with Gasteiger partial charge in [-0.3, -0.25) is 14.5 Å². The molecule has 2 aliphatic rings. The number of fused-ring (bicyclic) bond motifs is 1. The zero-order chi connectivity index (χ0) is 20.4. The third-order valence-electron chi connectivity index (χ3n) is 6.17. The molecular formula is C22H30N4O3. The number of methoxy groups -OCH3 is 1. The zero-order valence-electron chi connectivity index (χ0n) is 17.3. The van der Waals surface area contributed by atoms with Crippen LogP contribution in [0.25, 0.3) is 10.9 Å². The highest BCUT2D eigenvalue weighted by Crippen LogP contribution is 2.36. The van der Waals surface area contributed by atoms with Gasteiger partial charge >= 0.3 is 0 Å². The average molecular weight is 399 g/mol. The highest BCUT2D eigenvalue weighted by Gasteiger charge is 2.30. The molecule has 0 saturated carbocycles. The molecule has 2 fully saturated rings. The van der Waals surface area contributed by atoms with Crippen molar-refractivity contribution in [1.29, 1.82) is 0 Å². The largest absolute Gasteiger partial charge is 0.497 e. The molecular weight excluding hydrogens is 368 g/mol. The van der Waals surface area contributed by atoms with E-state index in [9.17, 15) is 9.59 Å². The molecule has 7 nitrogen and oxygen atoms in total. The number of anilines is 1. The number of carbonyl (C=O) groups excluding carboxylic acids is 2. The van der Waals surface area contributed by atoms with E-state index in [2.05, 4.69) is 22.1 Å². The summed E-state index contributed by atoms with van der Waals surface area (Å²) in [6, 6.07) is 6.20. The van der Waals surface area contributed by atoms with Gasteiger partial charge in [0.15, 0.2) is 0 Å². The second-order valence-corrected chi connectivity index (χ2v) is 8.05. The summed E-state index contributed by atoms with van der Waals surface area (Å²) >= 11 is 0. The van der Waals surface area contributed by atoms with Gasteiger partial charge in [-0.15, -0.1) is 0 Å². The number of piperidine rings is 1. The van der Waals surface area contributed by atoms with Gasteiger partial charge in [-0.1, -0.05) is 6.42 Å². The van der Waals surface area contributed by atoms with E-state index in [0.717, 1.165) is 30.4 Å². The summed E-state index contributed by atoms with van der Waals surface area (Å²) < 4.78 is 5.36. The number of amides is 2. The summed E-state index contributed by atoms with van der Waals surface area (Å²) in [6.07, 6.45) is 5.06. The molecule has 2 saturated heterocycles. The first-order valence-electron chi connectivity index (χ1n) is 10.6. The Morgan fingerprint density at radius 1 is 1.28 bits per heavy atom. The summed E-state index contributed by atoms with van der Waals surface area (Å²) in [5.41, 5.74) is 1.95. The maximum Gasteiger partial charge on any atom is 0.269 e. The van der Waals surface area contributed by atoms with Gasteiger partial charge in [0.2, 0.25) is 5.91 Å². The minimum atomic E-state index is -0.167. The van der Waals surface area contributed by atoms with Crippen molar-refractivity contribution in [3.05, 3.63) is 23.9 Å². The lowest BCUT2D eigenvalue weighted by atomic mass is 10.0.